The van der Waals surface area contributed by atoms with Crippen LogP contribution in [-0.2, 0) is 11.2 Å². The number of benzene rings is 2. The zero-order valence-corrected chi connectivity index (χ0v) is 14.8. The van der Waals surface area contributed by atoms with Gasteiger partial charge in [-0.05, 0) is 61.2 Å². The van der Waals surface area contributed by atoms with Crippen molar-refractivity contribution < 1.29 is 19.8 Å². The lowest BCUT2D eigenvalue weighted by Crippen LogP contribution is -2.57. The van der Waals surface area contributed by atoms with Crippen molar-refractivity contribution in [3.63, 3.8) is 0 Å². The van der Waals surface area contributed by atoms with Crippen molar-refractivity contribution in [3.05, 3.63) is 59.7 Å². The molecule has 142 valence electrons. The summed E-state index contributed by atoms with van der Waals surface area (Å²) in [4.78, 5) is 24.9. The number of carbonyl (C=O) groups is 2. The Morgan fingerprint density at radius 3 is 2.33 bits per heavy atom. The maximum Gasteiger partial charge on any atom is 0.252 e. The van der Waals surface area contributed by atoms with E-state index in [9.17, 15) is 19.8 Å². The van der Waals surface area contributed by atoms with Crippen molar-refractivity contribution in [2.75, 3.05) is 6.54 Å². The van der Waals surface area contributed by atoms with Gasteiger partial charge < -0.3 is 20.8 Å². The van der Waals surface area contributed by atoms with Gasteiger partial charge in [-0.3, -0.25) is 14.9 Å². The van der Waals surface area contributed by atoms with Crippen LogP contribution in [0.15, 0.2) is 48.5 Å². The van der Waals surface area contributed by atoms with Crippen LogP contribution in [0.4, 0.5) is 0 Å². The number of phenols is 2. The van der Waals surface area contributed by atoms with Crippen molar-refractivity contribution in [2.24, 2.45) is 0 Å². The number of carbonyl (C=O) groups excluding carboxylic acids is 2. The number of nitrogens with one attached hydrogen (secondary N) is 3. The molecule has 5 N–H and O–H groups in total. The van der Waals surface area contributed by atoms with Crippen LogP contribution in [0.1, 0.15) is 28.8 Å². The summed E-state index contributed by atoms with van der Waals surface area (Å²) in [6.07, 6.45) is 1.51. The van der Waals surface area contributed by atoms with Crippen molar-refractivity contribution in [3.8, 4) is 11.5 Å². The van der Waals surface area contributed by atoms with E-state index in [4.69, 9.17) is 0 Å². The number of aromatic hydroxyl groups is 2. The van der Waals surface area contributed by atoms with E-state index in [-0.39, 0.29) is 29.5 Å². The molecule has 2 aromatic carbocycles. The van der Waals surface area contributed by atoms with E-state index < -0.39 is 6.04 Å². The molecule has 27 heavy (non-hydrogen) atoms. The first-order valence-corrected chi connectivity index (χ1v) is 8.93. The number of hydrogen-bond donors (Lipinski definition) is 5. The van der Waals surface area contributed by atoms with Gasteiger partial charge >= 0.3 is 0 Å². The average molecular weight is 369 g/mol. The first kappa shape index (κ1) is 18.7. The molecule has 2 aromatic rings. The van der Waals surface area contributed by atoms with Crippen LogP contribution in [0.3, 0.4) is 0 Å². The van der Waals surface area contributed by atoms with Gasteiger partial charge in [0.2, 0.25) is 5.91 Å². The molecule has 0 radical (unpaired) electrons. The van der Waals surface area contributed by atoms with Gasteiger partial charge in [0, 0.05) is 12.1 Å². The highest BCUT2D eigenvalue weighted by Gasteiger charge is 2.25. The molecule has 1 aliphatic rings. The fraction of sp³-hybridized carbons (Fsp3) is 0.300. The molecule has 0 saturated carbocycles. The summed E-state index contributed by atoms with van der Waals surface area (Å²) >= 11 is 0. The third-order valence-corrected chi connectivity index (χ3v) is 4.50. The molecule has 2 atom stereocenters. The molecule has 2 unspecified atom stereocenters. The molecule has 0 spiro atoms. The van der Waals surface area contributed by atoms with Gasteiger partial charge in [-0.15, -0.1) is 0 Å². The van der Waals surface area contributed by atoms with E-state index in [1.165, 1.54) is 12.1 Å². The van der Waals surface area contributed by atoms with Crippen LogP contribution in [0, 0.1) is 0 Å². The fourth-order valence-corrected chi connectivity index (χ4v) is 3.03. The zero-order chi connectivity index (χ0) is 19.2. The molecular formula is C20H23N3O4. The molecule has 1 saturated heterocycles. The lowest BCUT2D eigenvalue weighted by molar-refractivity contribution is -0.123. The predicted octanol–water partition coefficient (Wildman–Crippen LogP) is 1.26. The second-order valence-electron chi connectivity index (χ2n) is 6.60. The first-order valence-electron chi connectivity index (χ1n) is 8.93. The zero-order valence-electron chi connectivity index (χ0n) is 14.8. The van der Waals surface area contributed by atoms with E-state index in [1.807, 2.05) is 0 Å². The van der Waals surface area contributed by atoms with Crippen LogP contribution in [0.5, 0.6) is 11.5 Å². The predicted molar refractivity (Wildman–Crippen MR) is 100 cm³/mol. The largest absolute Gasteiger partial charge is 0.508 e. The minimum absolute atomic E-state index is 0.0984. The maximum absolute atomic E-state index is 12.4. The molecule has 3 rings (SSSR count). The van der Waals surface area contributed by atoms with Crippen LogP contribution < -0.4 is 16.0 Å². The number of rotatable bonds is 4. The Labute approximate surface area is 157 Å². The third kappa shape index (κ3) is 5.21. The quantitative estimate of drug-likeness (QED) is 0.557. The normalized spacial score (nSPS) is 20.2. The molecule has 1 heterocycles. The van der Waals surface area contributed by atoms with Gasteiger partial charge in [0.1, 0.15) is 11.5 Å². The Kier molecular flexibility index (Phi) is 5.93. The van der Waals surface area contributed by atoms with E-state index in [0.717, 1.165) is 12.0 Å². The molecule has 7 heteroatoms. The molecule has 0 aliphatic carbocycles. The Balaban J connectivity index is 1.68. The summed E-state index contributed by atoms with van der Waals surface area (Å²) in [5.74, 6) is -0.113. The van der Waals surface area contributed by atoms with Crippen molar-refractivity contribution >= 4 is 11.8 Å². The lowest BCUT2D eigenvalue weighted by atomic mass is 10.0. The minimum atomic E-state index is -0.500. The van der Waals surface area contributed by atoms with Crippen LogP contribution in [-0.4, -0.2) is 40.8 Å². The van der Waals surface area contributed by atoms with Gasteiger partial charge in [-0.2, -0.15) is 0 Å². The second kappa shape index (κ2) is 8.55. The van der Waals surface area contributed by atoms with E-state index in [2.05, 4.69) is 16.0 Å². The molecule has 2 amide bonds. The molecule has 0 bridgehead atoms. The molecule has 7 nitrogen and oxygen atoms in total. The van der Waals surface area contributed by atoms with Crippen LogP contribution in [0.25, 0.3) is 0 Å². The van der Waals surface area contributed by atoms with Gasteiger partial charge in [0.25, 0.3) is 5.91 Å². The topological polar surface area (TPSA) is 111 Å². The number of phenolic OH excluding ortho intramolecular Hbond substituents is 2. The Hall–Kier alpha value is -3.06. The van der Waals surface area contributed by atoms with Gasteiger partial charge in [-0.25, -0.2) is 0 Å². The second-order valence-corrected chi connectivity index (χ2v) is 6.60. The van der Waals surface area contributed by atoms with Gasteiger partial charge in [0.15, 0.2) is 0 Å². The van der Waals surface area contributed by atoms with Gasteiger partial charge in [0.05, 0.1) is 12.2 Å². The van der Waals surface area contributed by atoms with E-state index in [1.54, 1.807) is 36.4 Å². The highest BCUT2D eigenvalue weighted by atomic mass is 16.3. The average Bonchev–Trinajstić information content (AvgIpc) is 2.65. The molecule has 1 aliphatic heterocycles. The van der Waals surface area contributed by atoms with Crippen molar-refractivity contribution in [1.82, 2.24) is 16.0 Å². The van der Waals surface area contributed by atoms with E-state index in [0.29, 0.717) is 24.9 Å². The summed E-state index contributed by atoms with van der Waals surface area (Å²) in [6.45, 7) is 0.554. The minimum Gasteiger partial charge on any atom is -0.508 e. The monoisotopic (exact) mass is 369 g/mol. The summed E-state index contributed by atoms with van der Waals surface area (Å²) in [7, 11) is 0. The summed E-state index contributed by atoms with van der Waals surface area (Å²) in [5, 5.41) is 27.8. The first-order chi connectivity index (χ1) is 13.0. The molecule has 0 aromatic heterocycles. The number of amides is 2. The molecule has 1 fully saturated rings. The summed E-state index contributed by atoms with van der Waals surface area (Å²) in [5.41, 5.74) is 1.35. The van der Waals surface area contributed by atoms with Crippen molar-refractivity contribution in [2.45, 2.75) is 31.5 Å². The smallest absolute Gasteiger partial charge is 0.252 e. The Bertz CT molecular complexity index is 790. The highest BCUT2D eigenvalue weighted by molar-refractivity contribution is 5.94. The third-order valence-electron chi connectivity index (χ3n) is 4.50. The standard InChI is InChI=1S/C20H23N3O4/c24-15-7-3-13(4-8-15)12-17-20(27)21-11-1-2-18(22-17)23-19(26)14-5-9-16(25)10-6-14/h3-10,17-18,22,24-25H,1-2,11-12H2,(H,21,27)(H,23,26). The lowest BCUT2D eigenvalue weighted by Gasteiger charge is -2.29. The Morgan fingerprint density at radius 2 is 1.67 bits per heavy atom. The van der Waals surface area contributed by atoms with Gasteiger partial charge in [-0.1, -0.05) is 12.1 Å². The summed E-state index contributed by atoms with van der Waals surface area (Å²) < 4.78 is 0. The maximum atomic E-state index is 12.4. The van der Waals surface area contributed by atoms with Crippen LogP contribution in [0.2, 0.25) is 0 Å². The number of hydrogen-bond acceptors (Lipinski definition) is 5. The van der Waals surface area contributed by atoms with E-state index >= 15 is 0 Å². The Morgan fingerprint density at radius 1 is 1.04 bits per heavy atom. The van der Waals surface area contributed by atoms with Crippen LogP contribution >= 0.6 is 0 Å². The molecular weight excluding hydrogens is 346 g/mol. The SMILES string of the molecule is O=C(NC1CCCNC(=O)C(Cc2ccc(O)cc2)N1)c1ccc(O)cc1. The summed E-state index contributed by atoms with van der Waals surface area (Å²) in [6, 6.07) is 12.2. The van der Waals surface area contributed by atoms with Crippen molar-refractivity contribution in [1.29, 1.82) is 0 Å². The highest BCUT2D eigenvalue weighted by Crippen LogP contribution is 2.13. The fourth-order valence-electron chi connectivity index (χ4n) is 3.03.